The normalized spacial score (nSPS) is 29.9. The van der Waals surface area contributed by atoms with Crippen LogP contribution in [0.2, 0.25) is 0 Å². The number of rotatable bonds is 8. The Morgan fingerprint density at radius 1 is 1.15 bits per heavy atom. The van der Waals surface area contributed by atoms with Gasteiger partial charge in [-0.1, -0.05) is 40.5 Å². The topological polar surface area (TPSA) is 15.3 Å². The summed E-state index contributed by atoms with van der Waals surface area (Å²) in [5.41, 5.74) is 0.471. The molecule has 0 radical (unpaired) electrons. The van der Waals surface area contributed by atoms with Crippen LogP contribution in [0.4, 0.5) is 0 Å². The predicted octanol–water partition coefficient (Wildman–Crippen LogP) is 4.06. The van der Waals surface area contributed by atoms with E-state index in [9.17, 15) is 0 Å². The quantitative estimate of drug-likeness (QED) is 0.721. The van der Waals surface area contributed by atoms with Gasteiger partial charge < -0.3 is 10.2 Å². The van der Waals surface area contributed by atoms with Crippen LogP contribution in [-0.2, 0) is 0 Å². The van der Waals surface area contributed by atoms with Crippen molar-refractivity contribution < 1.29 is 0 Å². The Labute approximate surface area is 126 Å². The van der Waals surface area contributed by atoms with Crippen molar-refractivity contribution in [3.63, 3.8) is 0 Å². The van der Waals surface area contributed by atoms with Crippen molar-refractivity contribution in [1.29, 1.82) is 0 Å². The lowest BCUT2D eigenvalue weighted by molar-refractivity contribution is 0.0768. The molecule has 0 aromatic rings. The summed E-state index contributed by atoms with van der Waals surface area (Å²) < 4.78 is 0. The molecular formula is C18H36N2. The van der Waals surface area contributed by atoms with Gasteiger partial charge in [-0.3, -0.25) is 0 Å². The van der Waals surface area contributed by atoms with Gasteiger partial charge in [0.1, 0.15) is 0 Å². The molecule has 2 rings (SSSR count). The van der Waals surface area contributed by atoms with E-state index in [1.165, 1.54) is 58.0 Å². The second-order valence-electron chi connectivity index (χ2n) is 7.76. The van der Waals surface area contributed by atoms with Gasteiger partial charge in [0.05, 0.1) is 0 Å². The number of nitrogens with zero attached hydrogens (tertiary/aromatic N) is 1. The Balaban J connectivity index is 1.96. The first kappa shape index (κ1) is 16.3. The van der Waals surface area contributed by atoms with E-state index in [1.807, 2.05) is 0 Å². The van der Waals surface area contributed by atoms with Gasteiger partial charge >= 0.3 is 0 Å². The van der Waals surface area contributed by atoms with Crippen LogP contribution >= 0.6 is 0 Å². The molecule has 0 saturated heterocycles. The molecule has 0 aromatic carbocycles. The van der Waals surface area contributed by atoms with Crippen LogP contribution in [0, 0.1) is 11.3 Å². The second kappa shape index (κ2) is 7.26. The Morgan fingerprint density at radius 3 is 2.50 bits per heavy atom. The Hall–Kier alpha value is -0.0800. The first-order chi connectivity index (χ1) is 9.58. The van der Waals surface area contributed by atoms with Gasteiger partial charge in [0, 0.05) is 18.6 Å². The molecule has 0 spiro atoms. The molecule has 0 heterocycles. The zero-order valence-electron chi connectivity index (χ0n) is 14.3. The highest BCUT2D eigenvalue weighted by Crippen LogP contribution is 2.40. The molecular weight excluding hydrogens is 244 g/mol. The van der Waals surface area contributed by atoms with Crippen molar-refractivity contribution in [2.75, 3.05) is 19.6 Å². The zero-order chi connectivity index (χ0) is 14.6. The summed E-state index contributed by atoms with van der Waals surface area (Å²) in [6, 6.07) is 1.64. The largest absolute Gasteiger partial charge is 0.313 e. The molecule has 2 unspecified atom stereocenters. The van der Waals surface area contributed by atoms with E-state index in [0.29, 0.717) is 11.5 Å². The number of hydrogen-bond donors (Lipinski definition) is 1. The fourth-order valence-electron chi connectivity index (χ4n) is 4.16. The van der Waals surface area contributed by atoms with Gasteiger partial charge in [0.15, 0.2) is 0 Å². The molecule has 20 heavy (non-hydrogen) atoms. The van der Waals surface area contributed by atoms with Crippen molar-refractivity contribution >= 4 is 0 Å². The van der Waals surface area contributed by atoms with E-state index >= 15 is 0 Å². The molecule has 118 valence electrons. The highest BCUT2D eigenvalue weighted by atomic mass is 15.2. The lowest BCUT2D eigenvalue weighted by Gasteiger charge is -2.46. The second-order valence-corrected chi connectivity index (χ2v) is 7.76. The fourth-order valence-corrected chi connectivity index (χ4v) is 4.16. The Morgan fingerprint density at radius 2 is 1.90 bits per heavy atom. The molecule has 0 aliphatic heterocycles. The summed E-state index contributed by atoms with van der Waals surface area (Å²) in [4.78, 5) is 2.82. The molecule has 0 amide bonds. The molecule has 1 N–H and O–H groups in total. The van der Waals surface area contributed by atoms with Crippen molar-refractivity contribution in [3.8, 4) is 0 Å². The lowest BCUT2D eigenvalue weighted by Crippen LogP contribution is -2.53. The van der Waals surface area contributed by atoms with E-state index in [4.69, 9.17) is 0 Å². The minimum Gasteiger partial charge on any atom is -0.313 e. The number of nitrogens with one attached hydrogen (secondary N) is 1. The molecule has 0 bridgehead atoms. The summed E-state index contributed by atoms with van der Waals surface area (Å²) in [6.45, 7) is 13.3. The van der Waals surface area contributed by atoms with Gasteiger partial charge in [0.2, 0.25) is 0 Å². The van der Waals surface area contributed by atoms with Gasteiger partial charge in [-0.15, -0.1) is 0 Å². The van der Waals surface area contributed by atoms with E-state index in [2.05, 4.69) is 37.9 Å². The van der Waals surface area contributed by atoms with Crippen LogP contribution < -0.4 is 5.32 Å². The van der Waals surface area contributed by atoms with Gasteiger partial charge in [0.25, 0.3) is 0 Å². The third-order valence-electron chi connectivity index (χ3n) is 5.46. The van der Waals surface area contributed by atoms with Crippen molar-refractivity contribution in [2.24, 2.45) is 11.3 Å². The molecule has 0 aromatic heterocycles. The average molecular weight is 281 g/mol. The Kier molecular flexibility index (Phi) is 5.92. The van der Waals surface area contributed by atoms with Gasteiger partial charge in [-0.25, -0.2) is 0 Å². The van der Waals surface area contributed by atoms with Crippen LogP contribution in [-0.4, -0.2) is 36.6 Å². The van der Waals surface area contributed by atoms with E-state index < -0.39 is 0 Å². The summed E-state index contributed by atoms with van der Waals surface area (Å²) in [6.07, 6.45) is 9.84. The molecule has 2 aliphatic carbocycles. The molecule has 2 atom stereocenters. The van der Waals surface area contributed by atoms with Crippen LogP contribution in [0.3, 0.4) is 0 Å². The highest BCUT2D eigenvalue weighted by Gasteiger charge is 2.40. The summed E-state index contributed by atoms with van der Waals surface area (Å²) in [7, 11) is 0. The van der Waals surface area contributed by atoms with Gasteiger partial charge in [-0.2, -0.15) is 0 Å². The smallest absolute Gasteiger partial charge is 0.0159 e. The van der Waals surface area contributed by atoms with E-state index in [0.717, 1.165) is 18.5 Å². The Bertz CT molecular complexity index is 283. The standard InChI is InChI=1S/C18H36N2/c1-5-7-13-20(16-10-11-16)14-15-9-8-12-18(3,4)17(15)19-6-2/h15-17,19H,5-14H2,1-4H3. The van der Waals surface area contributed by atoms with Crippen molar-refractivity contribution in [3.05, 3.63) is 0 Å². The monoisotopic (exact) mass is 280 g/mol. The maximum atomic E-state index is 3.82. The van der Waals surface area contributed by atoms with Gasteiger partial charge in [-0.05, 0) is 56.5 Å². The van der Waals surface area contributed by atoms with Crippen molar-refractivity contribution in [2.45, 2.75) is 84.7 Å². The van der Waals surface area contributed by atoms with E-state index in [1.54, 1.807) is 0 Å². The fraction of sp³-hybridized carbons (Fsp3) is 1.00. The first-order valence-corrected chi connectivity index (χ1v) is 9.06. The number of hydrogen-bond acceptors (Lipinski definition) is 2. The third kappa shape index (κ3) is 4.21. The van der Waals surface area contributed by atoms with E-state index in [-0.39, 0.29) is 0 Å². The van der Waals surface area contributed by atoms with Crippen LogP contribution in [0.15, 0.2) is 0 Å². The molecule has 2 saturated carbocycles. The highest BCUT2D eigenvalue weighted by molar-refractivity contribution is 4.96. The first-order valence-electron chi connectivity index (χ1n) is 9.06. The average Bonchev–Trinajstić information content (AvgIpc) is 3.22. The zero-order valence-corrected chi connectivity index (χ0v) is 14.3. The third-order valence-corrected chi connectivity index (χ3v) is 5.46. The maximum absolute atomic E-state index is 3.82. The minimum atomic E-state index is 0.471. The van der Waals surface area contributed by atoms with Crippen LogP contribution in [0.1, 0.15) is 72.6 Å². The summed E-state index contributed by atoms with van der Waals surface area (Å²) in [5, 5.41) is 3.82. The van der Waals surface area contributed by atoms with Crippen LogP contribution in [0.5, 0.6) is 0 Å². The molecule has 2 fully saturated rings. The van der Waals surface area contributed by atoms with Crippen molar-refractivity contribution in [1.82, 2.24) is 10.2 Å². The SMILES string of the molecule is CCCCN(CC1CCCC(C)(C)C1NCC)C1CC1. The molecule has 2 heteroatoms. The summed E-state index contributed by atoms with van der Waals surface area (Å²) >= 11 is 0. The summed E-state index contributed by atoms with van der Waals surface area (Å²) in [5.74, 6) is 0.858. The van der Waals surface area contributed by atoms with Crippen LogP contribution in [0.25, 0.3) is 0 Å². The minimum absolute atomic E-state index is 0.471. The predicted molar refractivity (Wildman–Crippen MR) is 88.1 cm³/mol. The number of unbranched alkanes of at least 4 members (excludes halogenated alkanes) is 1. The maximum Gasteiger partial charge on any atom is 0.0159 e. The lowest BCUT2D eigenvalue weighted by atomic mass is 9.67. The molecule has 2 aliphatic rings. The molecule has 2 nitrogen and oxygen atoms in total.